The highest BCUT2D eigenvalue weighted by Crippen LogP contribution is 2.35. The molecule has 1 unspecified atom stereocenters. The summed E-state index contributed by atoms with van der Waals surface area (Å²) in [7, 11) is 2.98. The Kier molecular flexibility index (Phi) is 6.81. The molecular weight excluding hydrogens is 436 g/mol. The quantitative estimate of drug-likeness (QED) is 0.676. The third-order valence-corrected chi connectivity index (χ3v) is 6.06. The van der Waals surface area contributed by atoms with Crippen LogP contribution in [-0.4, -0.2) is 61.6 Å². The van der Waals surface area contributed by atoms with E-state index < -0.39 is 11.9 Å². The largest absolute Gasteiger partial charge is 0.493 e. The van der Waals surface area contributed by atoms with Gasteiger partial charge in [-0.1, -0.05) is 18.2 Å². The number of para-hydroxylation sites is 1. The molecule has 0 saturated carbocycles. The Labute approximate surface area is 198 Å². The molecule has 1 N–H and O–H groups in total. The average molecular weight is 465 g/mol. The van der Waals surface area contributed by atoms with Gasteiger partial charge in [-0.05, 0) is 38.0 Å². The monoisotopic (exact) mass is 464 g/mol. The fourth-order valence-corrected chi connectivity index (χ4v) is 4.23. The molecule has 2 aromatic rings. The Hall–Kier alpha value is -3.88. The zero-order chi connectivity index (χ0) is 24.2. The summed E-state index contributed by atoms with van der Waals surface area (Å²) in [5.74, 6) is 0.0261. The van der Waals surface area contributed by atoms with Crippen molar-refractivity contribution < 1.29 is 23.9 Å². The minimum absolute atomic E-state index is 0.0913. The number of nitrogens with zero attached hydrogens (tertiary/aromatic N) is 3. The first-order valence-electron chi connectivity index (χ1n) is 11.2. The second-order valence-electron chi connectivity index (χ2n) is 8.26. The molecule has 2 aliphatic rings. The van der Waals surface area contributed by atoms with E-state index in [1.807, 2.05) is 30.3 Å². The van der Waals surface area contributed by atoms with Gasteiger partial charge in [-0.2, -0.15) is 5.10 Å². The number of carbonyl (C=O) groups is 3. The molecule has 0 bridgehead atoms. The van der Waals surface area contributed by atoms with Gasteiger partial charge in [0.25, 0.3) is 11.8 Å². The number of methoxy groups -OCH3 is 2. The van der Waals surface area contributed by atoms with E-state index in [1.54, 1.807) is 22.0 Å². The average Bonchev–Trinajstić information content (AvgIpc) is 3.54. The van der Waals surface area contributed by atoms with Gasteiger partial charge in [0, 0.05) is 25.6 Å². The lowest BCUT2D eigenvalue weighted by atomic mass is 10.1. The third-order valence-electron chi connectivity index (χ3n) is 6.06. The second-order valence-corrected chi connectivity index (χ2v) is 8.26. The maximum Gasteiger partial charge on any atom is 0.271 e. The zero-order valence-electron chi connectivity index (χ0n) is 19.5. The molecule has 178 valence electrons. The highest BCUT2D eigenvalue weighted by Gasteiger charge is 2.35. The van der Waals surface area contributed by atoms with E-state index in [4.69, 9.17) is 9.47 Å². The Morgan fingerprint density at radius 1 is 1.00 bits per heavy atom. The van der Waals surface area contributed by atoms with Crippen molar-refractivity contribution in [3.05, 3.63) is 48.0 Å². The molecule has 0 spiro atoms. The van der Waals surface area contributed by atoms with Gasteiger partial charge in [0.15, 0.2) is 17.3 Å². The van der Waals surface area contributed by atoms with Crippen molar-refractivity contribution in [1.29, 1.82) is 0 Å². The van der Waals surface area contributed by atoms with E-state index in [-0.39, 0.29) is 23.8 Å². The van der Waals surface area contributed by atoms with Crippen LogP contribution in [-0.2, 0) is 9.59 Å². The molecule has 4 rings (SSSR count). The number of ether oxygens (including phenoxy) is 2. The number of likely N-dealkylation sites (tertiary alicyclic amines) is 1. The fraction of sp³-hybridized carbons (Fsp3) is 0.360. The Balaban J connectivity index is 1.65. The second kappa shape index (κ2) is 9.94. The minimum Gasteiger partial charge on any atom is -0.493 e. The highest BCUT2D eigenvalue weighted by molar-refractivity contribution is 6.44. The van der Waals surface area contributed by atoms with Crippen molar-refractivity contribution in [2.75, 3.05) is 37.6 Å². The first-order chi connectivity index (χ1) is 16.4. The van der Waals surface area contributed by atoms with Crippen LogP contribution in [0, 0.1) is 0 Å². The number of hydrazone groups is 1. The number of hydrogen-bond donors (Lipinski definition) is 1. The summed E-state index contributed by atoms with van der Waals surface area (Å²) in [6.45, 7) is 2.82. The molecule has 2 aliphatic heterocycles. The standard InChI is InChI=1S/C25H28N4O5/c1-16(30)21-14-20(27-29(21)17-9-5-4-6-10-17)24(31)26-19-15-23(34-3)22(33-2)13-18(19)25(32)28-11-7-8-12-28/h4-6,9-10,13,15,21H,7-8,11-12,14H2,1-3H3,(H,26,31). The zero-order valence-corrected chi connectivity index (χ0v) is 19.5. The van der Waals surface area contributed by atoms with E-state index >= 15 is 0 Å². The lowest BCUT2D eigenvalue weighted by molar-refractivity contribution is -0.118. The van der Waals surface area contributed by atoms with Gasteiger partial charge in [0.2, 0.25) is 0 Å². The van der Waals surface area contributed by atoms with Gasteiger partial charge in [-0.3, -0.25) is 19.4 Å². The molecule has 9 nitrogen and oxygen atoms in total. The topological polar surface area (TPSA) is 101 Å². The van der Waals surface area contributed by atoms with Gasteiger partial charge >= 0.3 is 0 Å². The smallest absolute Gasteiger partial charge is 0.271 e. The van der Waals surface area contributed by atoms with Crippen LogP contribution in [0.5, 0.6) is 11.5 Å². The maximum absolute atomic E-state index is 13.2. The van der Waals surface area contributed by atoms with Crippen molar-refractivity contribution in [3.63, 3.8) is 0 Å². The lowest BCUT2D eigenvalue weighted by Crippen LogP contribution is -2.33. The van der Waals surface area contributed by atoms with Gasteiger partial charge in [0.05, 0.1) is 31.2 Å². The molecule has 2 aromatic carbocycles. The van der Waals surface area contributed by atoms with Gasteiger partial charge in [-0.25, -0.2) is 0 Å². The normalized spacial score (nSPS) is 17.4. The molecule has 0 aliphatic carbocycles. The predicted octanol–water partition coefficient (Wildman–Crippen LogP) is 3.10. The number of hydrogen-bond acceptors (Lipinski definition) is 7. The van der Waals surface area contributed by atoms with Crippen LogP contribution in [0.4, 0.5) is 11.4 Å². The van der Waals surface area contributed by atoms with Crippen LogP contribution in [0.2, 0.25) is 0 Å². The number of benzene rings is 2. The van der Waals surface area contributed by atoms with E-state index in [0.29, 0.717) is 35.8 Å². The van der Waals surface area contributed by atoms with E-state index in [9.17, 15) is 14.4 Å². The molecule has 0 radical (unpaired) electrons. The van der Waals surface area contributed by atoms with Gasteiger partial charge in [-0.15, -0.1) is 0 Å². The van der Waals surface area contributed by atoms with Crippen LogP contribution >= 0.6 is 0 Å². The summed E-state index contributed by atoms with van der Waals surface area (Å²) in [5, 5.41) is 8.85. The minimum atomic E-state index is -0.570. The summed E-state index contributed by atoms with van der Waals surface area (Å²) < 4.78 is 10.8. The van der Waals surface area contributed by atoms with Crippen molar-refractivity contribution in [2.45, 2.75) is 32.2 Å². The molecule has 1 fully saturated rings. The molecule has 1 atom stereocenters. The van der Waals surface area contributed by atoms with Crippen LogP contribution in [0.25, 0.3) is 0 Å². The molecule has 34 heavy (non-hydrogen) atoms. The molecule has 1 saturated heterocycles. The Morgan fingerprint density at radius 3 is 2.26 bits per heavy atom. The van der Waals surface area contributed by atoms with Crippen molar-refractivity contribution >= 4 is 34.7 Å². The maximum atomic E-state index is 13.2. The number of ketones is 1. The van der Waals surface area contributed by atoms with E-state index in [0.717, 1.165) is 18.5 Å². The lowest BCUT2D eigenvalue weighted by Gasteiger charge is -2.20. The molecule has 2 heterocycles. The van der Waals surface area contributed by atoms with Gasteiger partial charge < -0.3 is 19.7 Å². The number of Topliss-reactive ketones (excluding diaryl/α,β-unsaturated/α-hetero) is 1. The van der Waals surface area contributed by atoms with Crippen LogP contribution in [0.1, 0.15) is 36.5 Å². The highest BCUT2D eigenvalue weighted by atomic mass is 16.5. The predicted molar refractivity (Wildman–Crippen MR) is 129 cm³/mol. The summed E-state index contributed by atoms with van der Waals surface area (Å²) >= 11 is 0. The fourth-order valence-electron chi connectivity index (χ4n) is 4.23. The Bertz CT molecular complexity index is 1130. The molecular formula is C25H28N4O5. The number of rotatable bonds is 7. The number of carbonyl (C=O) groups excluding carboxylic acids is 3. The SMILES string of the molecule is COc1cc(NC(=O)C2=NN(c3ccccc3)C(C(C)=O)C2)c(C(=O)N2CCCC2)cc1OC. The summed E-state index contributed by atoms with van der Waals surface area (Å²) in [4.78, 5) is 40.5. The number of anilines is 2. The first-order valence-corrected chi connectivity index (χ1v) is 11.2. The summed E-state index contributed by atoms with van der Waals surface area (Å²) in [6.07, 6.45) is 2.05. The Morgan fingerprint density at radius 2 is 1.65 bits per heavy atom. The molecule has 0 aromatic heterocycles. The van der Waals surface area contributed by atoms with Crippen LogP contribution in [0.3, 0.4) is 0 Å². The van der Waals surface area contributed by atoms with E-state index in [1.165, 1.54) is 21.1 Å². The number of amides is 2. The number of nitrogens with one attached hydrogen (secondary N) is 1. The molecule has 2 amide bonds. The first kappa shape index (κ1) is 23.3. The van der Waals surface area contributed by atoms with Crippen molar-refractivity contribution in [1.82, 2.24) is 4.90 Å². The summed E-state index contributed by atoms with van der Waals surface area (Å²) in [6, 6.07) is 11.8. The third kappa shape index (κ3) is 4.59. The van der Waals surface area contributed by atoms with Crippen LogP contribution in [0.15, 0.2) is 47.6 Å². The van der Waals surface area contributed by atoms with Crippen molar-refractivity contribution in [3.8, 4) is 11.5 Å². The molecule has 9 heteroatoms. The summed E-state index contributed by atoms with van der Waals surface area (Å²) in [5.41, 5.74) is 1.55. The van der Waals surface area contributed by atoms with Crippen molar-refractivity contribution in [2.24, 2.45) is 5.10 Å². The van der Waals surface area contributed by atoms with Crippen LogP contribution < -0.4 is 19.8 Å². The van der Waals surface area contributed by atoms with Gasteiger partial charge in [0.1, 0.15) is 11.8 Å². The van der Waals surface area contributed by atoms with E-state index in [2.05, 4.69) is 10.4 Å².